The normalized spacial score (nSPS) is 30.5. The van der Waals surface area contributed by atoms with Gasteiger partial charge in [0.25, 0.3) is 0 Å². The number of nitrogens with one attached hydrogen (secondary N) is 1. The van der Waals surface area contributed by atoms with Crippen molar-refractivity contribution in [2.75, 3.05) is 13.1 Å². The zero-order chi connectivity index (χ0) is 11.9. The van der Waals surface area contributed by atoms with Gasteiger partial charge in [0.05, 0.1) is 0 Å². The Morgan fingerprint density at radius 2 is 2.35 bits per heavy atom. The molecule has 1 N–H and O–H groups in total. The van der Waals surface area contributed by atoms with E-state index in [1.807, 2.05) is 6.07 Å². The fourth-order valence-corrected chi connectivity index (χ4v) is 3.21. The first-order valence-corrected chi connectivity index (χ1v) is 6.26. The molecule has 1 spiro atoms. The minimum absolute atomic E-state index is 0.152. The molecular weight excluding hydrogens is 210 g/mol. The first kappa shape index (κ1) is 10.7. The van der Waals surface area contributed by atoms with Gasteiger partial charge in [0, 0.05) is 11.0 Å². The van der Waals surface area contributed by atoms with Gasteiger partial charge >= 0.3 is 0 Å². The van der Waals surface area contributed by atoms with Gasteiger partial charge in [0.1, 0.15) is 6.29 Å². The smallest absolute Gasteiger partial charge is 0.150 e. The lowest BCUT2D eigenvalue weighted by Gasteiger charge is -2.40. The van der Waals surface area contributed by atoms with Crippen LogP contribution in [0.2, 0.25) is 0 Å². The summed E-state index contributed by atoms with van der Waals surface area (Å²) in [5.74, 6) is 0.579. The Balaban J connectivity index is 2.12. The van der Waals surface area contributed by atoms with Crippen molar-refractivity contribution in [3.63, 3.8) is 0 Å². The van der Waals surface area contributed by atoms with Gasteiger partial charge in [-0.2, -0.15) is 0 Å². The fourth-order valence-electron chi connectivity index (χ4n) is 3.21. The van der Waals surface area contributed by atoms with Crippen molar-refractivity contribution in [3.8, 4) is 0 Å². The number of rotatable bonds is 1. The number of aldehydes is 1. The predicted octanol–water partition coefficient (Wildman–Crippen LogP) is 2.39. The number of carbonyl (C=O) groups is 1. The number of carbonyl (C=O) groups excluding carboxylic acids is 1. The molecule has 1 saturated heterocycles. The summed E-state index contributed by atoms with van der Waals surface area (Å²) in [4.78, 5) is 10.9. The molecule has 1 heterocycles. The van der Waals surface area contributed by atoms with Crippen LogP contribution in [0.5, 0.6) is 0 Å². The molecule has 0 radical (unpaired) electrons. The van der Waals surface area contributed by atoms with Crippen LogP contribution in [0.15, 0.2) is 24.3 Å². The molecule has 17 heavy (non-hydrogen) atoms. The molecule has 3 rings (SSSR count). The fraction of sp³-hybridized carbons (Fsp3) is 0.400. The molecule has 0 saturated carbocycles. The first-order chi connectivity index (χ1) is 8.26. The van der Waals surface area contributed by atoms with E-state index in [0.29, 0.717) is 5.92 Å². The van der Waals surface area contributed by atoms with E-state index in [2.05, 4.69) is 36.5 Å². The van der Waals surface area contributed by atoms with Gasteiger partial charge in [-0.15, -0.1) is 0 Å². The van der Waals surface area contributed by atoms with Crippen LogP contribution < -0.4 is 5.32 Å². The second kappa shape index (κ2) is 3.81. The molecule has 1 aliphatic carbocycles. The quantitative estimate of drug-likeness (QED) is 0.746. The zero-order valence-electron chi connectivity index (χ0n) is 10.1. The monoisotopic (exact) mass is 227 g/mol. The number of benzene rings is 1. The second-order valence-corrected chi connectivity index (χ2v) is 5.19. The third-order valence-corrected chi connectivity index (χ3v) is 4.32. The molecule has 0 aromatic heterocycles. The first-order valence-electron chi connectivity index (χ1n) is 6.26. The number of allylic oxidation sites excluding steroid dienone is 1. The van der Waals surface area contributed by atoms with E-state index in [1.54, 1.807) is 0 Å². The number of hydrogen-bond acceptors (Lipinski definition) is 2. The SMILES string of the molecule is C[C@H]1CNCC[C@@]12C=Cc1ccc(C=O)cc12. The third-order valence-electron chi connectivity index (χ3n) is 4.32. The van der Waals surface area contributed by atoms with Crippen molar-refractivity contribution in [3.05, 3.63) is 41.0 Å². The lowest BCUT2D eigenvalue weighted by molar-refractivity contribution is 0.112. The van der Waals surface area contributed by atoms with Crippen LogP contribution in [0.1, 0.15) is 34.8 Å². The van der Waals surface area contributed by atoms with E-state index >= 15 is 0 Å². The summed E-state index contributed by atoms with van der Waals surface area (Å²) < 4.78 is 0. The van der Waals surface area contributed by atoms with E-state index in [1.165, 1.54) is 11.1 Å². The topological polar surface area (TPSA) is 29.1 Å². The van der Waals surface area contributed by atoms with Crippen molar-refractivity contribution in [2.24, 2.45) is 5.92 Å². The standard InChI is InChI=1S/C15H17NO/c1-11-9-16-7-6-15(11)5-4-13-3-2-12(10-17)8-14(13)15/h2-5,8,10-11,16H,6-7,9H2,1H3/t11-,15-/m0/s1. The van der Waals surface area contributed by atoms with E-state index in [9.17, 15) is 4.79 Å². The number of hydrogen-bond donors (Lipinski definition) is 1. The van der Waals surface area contributed by atoms with E-state index in [0.717, 1.165) is 31.4 Å². The Kier molecular flexibility index (Phi) is 2.40. The molecule has 2 heteroatoms. The lowest BCUT2D eigenvalue weighted by atomic mass is 9.68. The molecular formula is C15H17NO. The van der Waals surface area contributed by atoms with Gasteiger partial charge < -0.3 is 5.32 Å². The summed E-state index contributed by atoms with van der Waals surface area (Å²) in [6.07, 6.45) is 6.63. The molecule has 2 atom stereocenters. The van der Waals surface area contributed by atoms with Crippen LogP contribution in [0.4, 0.5) is 0 Å². The highest BCUT2D eigenvalue weighted by atomic mass is 16.1. The van der Waals surface area contributed by atoms with Crippen molar-refractivity contribution in [1.29, 1.82) is 0 Å². The average Bonchev–Trinajstić information content (AvgIpc) is 2.72. The molecule has 1 aromatic carbocycles. The van der Waals surface area contributed by atoms with E-state index in [4.69, 9.17) is 0 Å². The molecule has 0 bridgehead atoms. The molecule has 1 aliphatic heterocycles. The van der Waals surface area contributed by atoms with Gasteiger partial charge in [-0.3, -0.25) is 4.79 Å². The summed E-state index contributed by atoms with van der Waals surface area (Å²) in [6, 6.07) is 6.05. The molecule has 1 fully saturated rings. The predicted molar refractivity (Wildman–Crippen MR) is 69.2 cm³/mol. The second-order valence-electron chi connectivity index (χ2n) is 5.19. The van der Waals surface area contributed by atoms with Gasteiger partial charge in [-0.05, 0) is 42.6 Å². The van der Waals surface area contributed by atoms with Crippen LogP contribution in [0.3, 0.4) is 0 Å². The maximum Gasteiger partial charge on any atom is 0.150 e. The van der Waals surface area contributed by atoms with E-state index < -0.39 is 0 Å². The summed E-state index contributed by atoms with van der Waals surface area (Å²) in [5, 5.41) is 3.44. The molecule has 88 valence electrons. The van der Waals surface area contributed by atoms with Gasteiger partial charge in [-0.1, -0.05) is 31.2 Å². The molecule has 0 amide bonds. The number of fused-ring (bicyclic) bond motifs is 2. The van der Waals surface area contributed by atoms with Gasteiger partial charge in [0.2, 0.25) is 0 Å². The maximum absolute atomic E-state index is 10.9. The zero-order valence-corrected chi connectivity index (χ0v) is 10.1. The molecule has 1 aromatic rings. The Hall–Kier alpha value is -1.41. The van der Waals surface area contributed by atoms with Crippen LogP contribution in [0.25, 0.3) is 6.08 Å². The van der Waals surface area contributed by atoms with Crippen molar-refractivity contribution >= 4 is 12.4 Å². The highest BCUT2D eigenvalue weighted by Gasteiger charge is 2.41. The van der Waals surface area contributed by atoms with Crippen LogP contribution in [-0.2, 0) is 5.41 Å². The average molecular weight is 227 g/mol. The van der Waals surface area contributed by atoms with Crippen LogP contribution in [0, 0.1) is 5.92 Å². The summed E-state index contributed by atoms with van der Waals surface area (Å²) in [6.45, 7) is 4.40. The number of piperidine rings is 1. The Morgan fingerprint density at radius 3 is 3.12 bits per heavy atom. The van der Waals surface area contributed by atoms with Crippen LogP contribution in [-0.4, -0.2) is 19.4 Å². The van der Waals surface area contributed by atoms with Crippen molar-refractivity contribution in [1.82, 2.24) is 5.32 Å². The van der Waals surface area contributed by atoms with Gasteiger partial charge in [0.15, 0.2) is 0 Å². The van der Waals surface area contributed by atoms with Gasteiger partial charge in [-0.25, -0.2) is 0 Å². The van der Waals surface area contributed by atoms with Crippen molar-refractivity contribution < 1.29 is 4.79 Å². The highest BCUT2D eigenvalue weighted by Crippen LogP contribution is 2.45. The molecule has 2 nitrogen and oxygen atoms in total. The highest BCUT2D eigenvalue weighted by molar-refractivity contribution is 5.78. The largest absolute Gasteiger partial charge is 0.316 e. The van der Waals surface area contributed by atoms with Crippen molar-refractivity contribution in [2.45, 2.75) is 18.8 Å². The third kappa shape index (κ3) is 1.48. The maximum atomic E-state index is 10.9. The van der Waals surface area contributed by atoms with E-state index in [-0.39, 0.29) is 5.41 Å². The minimum Gasteiger partial charge on any atom is -0.316 e. The molecule has 0 unspecified atom stereocenters. The Morgan fingerprint density at radius 1 is 1.47 bits per heavy atom. The molecule has 2 aliphatic rings. The minimum atomic E-state index is 0.152. The van der Waals surface area contributed by atoms with Crippen LogP contribution >= 0.6 is 0 Å². The summed E-state index contributed by atoms with van der Waals surface area (Å²) >= 11 is 0. The Labute approximate surface area is 102 Å². The summed E-state index contributed by atoms with van der Waals surface area (Å²) in [5.41, 5.74) is 3.57. The Bertz CT molecular complexity index is 492. The summed E-state index contributed by atoms with van der Waals surface area (Å²) in [7, 11) is 0. The lowest BCUT2D eigenvalue weighted by Crippen LogP contribution is -2.45.